The summed E-state index contributed by atoms with van der Waals surface area (Å²) in [5, 5.41) is 3.39. The van der Waals surface area contributed by atoms with E-state index in [-0.39, 0.29) is 5.66 Å². The Morgan fingerprint density at radius 3 is 2.64 bits per heavy atom. The van der Waals surface area contributed by atoms with Gasteiger partial charge in [-0.2, -0.15) is 0 Å². The summed E-state index contributed by atoms with van der Waals surface area (Å²) in [6.45, 7) is 2.98. The number of nitrogen functional groups attached to an aromatic ring is 1. The van der Waals surface area contributed by atoms with Gasteiger partial charge < -0.3 is 5.73 Å². The second kappa shape index (κ2) is 3.42. The Kier molecular flexibility index (Phi) is 2.25. The quantitative estimate of drug-likeness (QED) is 0.693. The molecule has 1 heterocycles. The maximum Gasteiger partial charge on any atom is 0.135 e. The lowest BCUT2D eigenvalue weighted by atomic mass is 9.97. The fourth-order valence-corrected chi connectivity index (χ4v) is 1.82. The molecule has 0 spiro atoms. The molecule has 1 aromatic carbocycles. The van der Waals surface area contributed by atoms with Gasteiger partial charge in [0.15, 0.2) is 0 Å². The number of aliphatic imine (C=N–C) groups is 1. The molecule has 0 bridgehead atoms. The average molecular weight is 189 g/mol. The van der Waals surface area contributed by atoms with Crippen LogP contribution in [0, 0.1) is 0 Å². The summed E-state index contributed by atoms with van der Waals surface area (Å²) >= 11 is 0. The van der Waals surface area contributed by atoms with E-state index in [1.165, 1.54) is 5.56 Å². The van der Waals surface area contributed by atoms with E-state index in [1.54, 1.807) is 0 Å². The third-order valence-corrected chi connectivity index (χ3v) is 2.70. The molecule has 3 heteroatoms. The van der Waals surface area contributed by atoms with E-state index in [9.17, 15) is 0 Å². The second-order valence-electron chi connectivity index (χ2n) is 3.53. The molecular formula is C11H15N3. The van der Waals surface area contributed by atoms with Crippen molar-refractivity contribution in [2.45, 2.75) is 19.0 Å². The lowest BCUT2D eigenvalue weighted by Gasteiger charge is -2.25. The summed E-state index contributed by atoms with van der Waals surface area (Å²) in [6, 6.07) is 7.91. The summed E-state index contributed by atoms with van der Waals surface area (Å²) in [4.78, 5) is 4.51. The highest BCUT2D eigenvalue weighted by molar-refractivity contribution is 5.64. The van der Waals surface area contributed by atoms with Crippen molar-refractivity contribution in [1.29, 1.82) is 0 Å². The summed E-state index contributed by atoms with van der Waals surface area (Å²) in [5.74, 6) is 0. The number of rotatable bonds is 2. The second-order valence-corrected chi connectivity index (χ2v) is 3.53. The lowest BCUT2D eigenvalue weighted by Crippen LogP contribution is -2.36. The minimum Gasteiger partial charge on any atom is -0.399 e. The fraction of sp³-hybridized carbons (Fsp3) is 0.364. The van der Waals surface area contributed by atoms with Crippen molar-refractivity contribution in [2.75, 3.05) is 12.3 Å². The van der Waals surface area contributed by atoms with E-state index in [0.29, 0.717) is 0 Å². The van der Waals surface area contributed by atoms with Crippen LogP contribution in [0.1, 0.15) is 18.9 Å². The standard InChI is InChI=1S/C11H15N3/c1-2-11(13-7-8-14-11)9-3-5-10(12)6-4-9/h3-7,14H,2,8,12H2,1H3. The predicted octanol–water partition coefficient (Wildman–Crippen LogP) is 1.51. The third kappa shape index (κ3) is 1.40. The molecule has 74 valence electrons. The Morgan fingerprint density at radius 2 is 2.14 bits per heavy atom. The van der Waals surface area contributed by atoms with Crippen LogP contribution in [0.3, 0.4) is 0 Å². The molecule has 0 aromatic heterocycles. The summed E-state index contributed by atoms with van der Waals surface area (Å²) in [7, 11) is 0. The molecule has 0 amide bonds. The van der Waals surface area contributed by atoms with Gasteiger partial charge >= 0.3 is 0 Å². The Bertz CT molecular complexity index is 342. The first-order valence-electron chi connectivity index (χ1n) is 4.91. The Balaban J connectivity index is 2.37. The van der Waals surface area contributed by atoms with E-state index in [0.717, 1.165) is 18.7 Å². The highest BCUT2D eigenvalue weighted by Crippen LogP contribution is 2.28. The first-order valence-corrected chi connectivity index (χ1v) is 4.91. The highest BCUT2D eigenvalue weighted by Gasteiger charge is 2.30. The molecule has 2 rings (SSSR count). The molecule has 3 nitrogen and oxygen atoms in total. The van der Waals surface area contributed by atoms with Gasteiger partial charge in [-0.3, -0.25) is 10.3 Å². The molecule has 0 radical (unpaired) electrons. The zero-order valence-electron chi connectivity index (χ0n) is 8.33. The topological polar surface area (TPSA) is 50.4 Å². The molecular weight excluding hydrogens is 174 g/mol. The van der Waals surface area contributed by atoms with Crippen LogP contribution in [-0.4, -0.2) is 12.8 Å². The number of hydrogen-bond acceptors (Lipinski definition) is 3. The molecule has 14 heavy (non-hydrogen) atoms. The summed E-state index contributed by atoms with van der Waals surface area (Å²) in [6.07, 6.45) is 2.88. The van der Waals surface area contributed by atoms with Crippen LogP contribution in [0.2, 0.25) is 0 Å². The minimum absolute atomic E-state index is 0.215. The van der Waals surface area contributed by atoms with Gasteiger partial charge in [-0.25, -0.2) is 0 Å². The molecule has 1 aromatic rings. The van der Waals surface area contributed by atoms with Crippen LogP contribution in [0.4, 0.5) is 5.69 Å². The average Bonchev–Trinajstić information content (AvgIpc) is 2.68. The molecule has 0 saturated carbocycles. The van der Waals surface area contributed by atoms with Crippen molar-refractivity contribution in [3.05, 3.63) is 29.8 Å². The van der Waals surface area contributed by atoms with Crippen LogP contribution in [-0.2, 0) is 5.66 Å². The van der Waals surface area contributed by atoms with Gasteiger partial charge in [-0.05, 0) is 24.1 Å². The smallest absolute Gasteiger partial charge is 0.135 e. The number of nitrogens with one attached hydrogen (secondary N) is 1. The van der Waals surface area contributed by atoms with Gasteiger partial charge in [-0.15, -0.1) is 0 Å². The van der Waals surface area contributed by atoms with Crippen molar-refractivity contribution < 1.29 is 0 Å². The number of hydrogen-bond donors (Lipinski definition) is 2. The van der Waals surface area contributed by atoms with Gasteiger partial charge in [-0.1, -0.05) is 19.1 Å². The zero-order chi connectivity index (χ0) is 10.0. The predicted molar refractivity (Wildman–Crippen MR) is 59.3 cm³/mol. The minimum atomic E-state index is -0.215. The molecule has 1 aliphatic heterocycles. The normalized spacial score (nSPS) is 25.5. The zero-order valence-corrected chi connectivity index (χ0v) is 8.33. The Morgan fingerprint density at radius 1 is 1.43 bits per heavy atom. The SMILES string of the molecule is CCC1(c2ccc(N)cc2)N=CCN1. The molecule has 0 saturated heterocycles. The Labute approximate surface area is 84.0 Å². The number of benzene rings is 1. The Hall–Kier alpha value is -1.35. The van der Waals surface area contributed by atoms with Gasteiger partial charge in [0.05, 0.1) is 0 Å². The van der Waals surface area contributed by atoms with Gasteiger partial charge in [0, 0.05) is 18.4 Å². The monoisotopic (exact) mass is 189 g/mol. The van der Waals surface area contributed by atoms with Crippen LogP contribution in [0.25, 0.3) is 0 Å². The van der Waals surface area contributed by atoms with Gasteiger partial charge in [0.25, 0.3) is 0 Å². The van der Waals surface area contributed by atoms with Crippen LogP contribution in [0.5, 0.6) is 0 Å². The number of nitrogens with two attached hydrogens (primary N) is 1. The number of anilines is 1. The van der Waals surface area contributed by atoms with Gasteiger partial charge in [0.1, 0.15) is 5.66 Å². The van der Waals surface area contributed by atoms with E-state index in [1.807, 2.05) is 30.5 Å². The lowest BCUT2D eigenvalue weighted by molar-refractivity contribution is 0.379. The highest BCUT2D eigenvalue weighted by atomic mass is 15.2. The molecule has 0 aliphatic carbocycles. The van der Waals surface area contributed by atoms with E-state index >= 15 is 0 Å². The van der Waals surface area contributed by atoms with Crippen LogP contribution in [0.15, 0.2) is 29.3 Å². The summed E-state index contributed by atoms with van der Waals surface area (Å²) in [5.41, 5.74) is 7.41. The van der Waals surface area contributed by atoms with E-state index < -0.39 is 0 Å². The maximum atomic E-state index is 5.65. The third-order valence-electron chi connectivity index (χ3n) is 2.70. The summed E-state index contributed by atoms with van der Waals surface area (Å²) < 4.78 is 0. The molecule has 1 aliphatic rings. The first kappa shape index (κ1) is 9.21. The van der Waals surface area contributed by atoms with Gasteiger partial charge in [0.2, 0.25) is 0 Å². The molecule has 1 unspecified atom stereocenters. The van der Waals surface area contributed by atoms with Crippen molar-refractivity contribution >= 4 is 11.9 Å². The van der Waals surface area contributed by atoms with Crippen molar-refractivity contribution in [2.24, 2.45) is 4.99 Å². The number of nitrogens with zero attached hydrogens (tertiary/aromatic N) is 1. The van der Waals surface area contributed by atoms with Crippen molar-refractivity contribution in [1.82, 2.24) is 5.32 Å². The van der Waals surface area contributed by atoms with Crippen molar-refractivity contribution in [3.8, 4) is 0 Å². The van der Waals surface area contributed by atoms with Crippen molar-refractivity contribution in [3.63, 3.8) is 0 Å². The van der Waals surface area contributed by atoms with Crippen LogP contribution >= 0.6 is 0 Å². The molecule has 0 fully saturated rings. The first-order chi connectivity index (χ1) is 6.77. The molecule has 1 atom stereocenters. The molecule has 3 N–H and O–H groups in total. The van der Waals surface area contributed by atoms with E-state index in [2.05, 4.69) is 17.2 Å². The maximum absolute atomic E-state index is 5.65. The van der Waals surface area contributed by atoms with Crippen LogP contribution < -0.4 is 11.1 Å². The largest absolute Gasteiger partial charge is 0.399 e. The van der Waals surface area contributed by atoms with E-state index in [4.69, 9.17) is 5.73 Å². The fourth-order valence-electron chi connectivity index (χ4n) is 1.82.